The molecule has 1 atom stereocenters. The van der Waals surface area contributed by atoms with Gasteiger partial charge in [0.1, 0.15) is 0 Å². The molecule has 0 saturated heterocycles. The standard InChI is InChI=1S/C10H15N3O2.C2HF3O2/c1-3-8-9-7(11-6-12-9)4-5-13(8)10(14)15-2;3-2(4,5)1(6)7/h6,8H,3-5H2,1-2H3,(H,11,12);(H,6,7). The van der Waals surface area contributed by atoms with Crippen molar-refractivity contribution in [1.29, 1.82) is 0 Å². The number of alkyl halides is 3. The molecule has 7 nitrogen and oxygen atoms in total. The quantitative estimate of drug-likeness (QED) is 0.825. The maximum Gasteiger partial charge on any atom is 0.490 e. The van der Waals surface area contributed by atoms with Crippen molar-refractivity contribution in [2.45, 2.75) is 32.0 Å². The van der Waals surface area contributed by atoms with E-state index in [1.807, 2.05) is 6.92 Å². The Kier molecular flexibility index (Phi) is 5.77. The van der Waals surface area contributed by atoms with Crippen LogP contribution < -0.4 is 0 Å². The maximum absolute atomic E-state index is 11.5. The summed E-state index contributed by atoms with van der Waals surface area (Å²) in [6.45, 7) is 2.74. The summed E-state index contributed by atoms with van der Waals surface area (Å²) in [5, 5.41) is 7.12. The van der Waals surface area contributed by atoms with Crippen molar-refractivity contribution >= 4 is 12.1 Å². The number of H-pyrrole nitrogens is 1. The fourth-order valence-electron chi connectivity index (χ4n) is 2.10. The number of aliphatic carboxylic acids is 1. The molecule has 1 unspecified atom stereocenters. The first-order valence-corrected chi connectivity index (χ1v) is 6.39. The van der Waals surface area contributed by atoms with Crippen molar-refractivity contribution in [3.05, 3.63) is 17.7 Å². The number of fused-ring (bicyclic) bond motifs is 1. The number of nitrogens with one attached hydrogen (secondary N) is 1. The first-order chi connectivity index (χ1) is 10.2. The van der Waals surface area contributed by atoms with Gasteiger partial charge in [0.25, 0.3) is 0 Å². The molecule has 0 aliphatic carbocycles. The molecular formula is C12H16F3N3O4. The number of carboxylic acid groups (broad SMARTS) is 1. The Labute approximate surface area is 124 Å². The number of halogens is 3. The lowest BCUT2D eigenvalue weighted by molar-refractivity contribution is -0.192. The average molecular weight is 323 g/mol. The van der Waals surface area contributed by atoms with Crippen LogP contribution in [-0.4, -0.2) is 51.9 Å². The number of imidazole rings is 1. The molecule has 1 aromatic rings. The highest BCUT2D eigenvalue weighted by atomic mass is 19.4. The molecule has 2 N–H and O–H groups in total. The highest BCUT2D eigenvalue weighted by Crippen LogP contribution is 2.29. The van der Waals surface area contributed by atoms with Gasteiger partial charge in [0, 0.05) is 18.7 Å². The van der Waals surface area contributed by atoms with Crippen molar-refractivity contribution in [3.8, 4) is 0 Å². The van der Waals surface area contributed by atoms with Crippen molar-refractivity contribution in [1.82, 2.24) is 14.9 Å². The van der Waals surface area contributed by atoms with Crippen LogP contribution in [0.3, 0.4) is 0 Å². The second kappa shape index (κ2) is 7.14. The van der Waals surface area contributed by atoms with E-state index in [-0.39, 0.29) is 12.1 Å². The molecule has 10 heteroatoms. The van der Waals surface area contributed by atoms with E-state index in [0.717, 1.165) is 24.2 Å². The van der Waals surface area contributed by atoms with E-state index in [1.54, 1.807) is 11.2 Å². The van der Waals surface area contributed by atoms with E-state index in [0.29, 0.717) is 6.54 Å². The number of ether oxygens (including phenoxy) is 1. The molecule has 124 valence electrons. The number of carbonyl (C=O) groups excluding carboxylic acids is 1. The summed E-state index contributed by atoms with van der Waals surface area (Å²) < 4.78 is 36.5. The number of methoxy groups -OCH3 is 1. The van der Waals surface area contributed by atoms with Crippen LogP contribution in [-0.2, 0) is 16.0 Å². The Morgan fingerprint density at radius 3 is 2.59 bits per heavy atom. The first kappa shape index (κ1) is 17.8. The molecule has 0 bridgehead atoms. The molecule has 1 aromatic heterocycles. The van der Waals surface area contributed by atoms with Crippen LogP contribution in [0.15, 0.2) is 6.33 Å². The van der Waals surface area contributed by atoms with Gasteiger partial charge in [-0.1, -0.05) is 6.92 Å². The molecule has 1 aliphatic heterocycles. The molecular weight excluding hydrogens is 307 g/mol. The van der Waals surface area contributed by atoms with Gasteiger partial charge in [-0.15, -0.1) is 0 Å². The Morgan fingerprint density at radius 1 is 1.55 bits per heavy atom. The second-order valence-electron chi connectivity index (χ2n) is 4.41. The number of aromatic amines is 1. The van der Waals surface area contributed by atoms with Crippen LogP contribution in [0.1, 0.15) is 30.8 Å². The fourth-order valence-corrected chi connectivity index (χ4v) is 2.10. The summed E-state index contributed by atoms with van der Waals surface area (Å²) in [7, 11) is 1.41. The summed E-state index contributed by atoms with van der Waals surface area (Å²) in [5.74, 6) is -2.76. The Balaban J connectivity index is 0.000000295. The zero-order chi connectivity index (χ0) is 16.9. The van der Waals surface area contributed by atoms with Gasteiger partial charge >= 0.3 is 18.2 Å². The lowest BCUT2D eigenvalue weighted by Gasteiger charge is -2.32. The highest BCUT2D eigenvalue weighted by molar-refractivity contribution is 5.73. The summed E-state index contributed by atoms with van der Waals surface area (Å²) in [6.07, 6.45) is -1.99. The van der Waals surface area contributed by atoms with E-state index in [4.69, 9.17) is 14.6 Å². The van der Waals surface area contributed by atoms with Gasteiger partial charge in [0.2, 0.25) is 0 Å². The van der Waals surface area contributed by atoms with E-state index in [1.165, 1.54) is 7.11 Å². The largest absolute Gasteiger partial charge is 0.490 e. The van der Waals surface area contributed by atoms with Crippen LogP contribution in [0.4, 0.5) is 18.0 Å². The van der Waals surface area contributed by atoms with Crippen LogP contribution in [0, 0.1) is 0 Å². The number of carboxylic acids is 1. The van der Waals surface area contributed by atoms with Gasteiger partial charge in [0.05, 0.1) is 25.2 Å². The Bertz CT molecular complexity index is 530. The van der Waals surface area contributed by atoms with E-state index >= 15 is 0 Å². The molecule has 0 spiro atoms. The van der Waals surface area contributed by atoms with Crippen LogP contribution in [0.25, 0.3) is 0 Å². The number of nitrogens with zero attached hydrogens (tertiary/aromatic N) is 2. The van der Waals surface area contributed by atoms with Crippen molar-refractivity contribution in [3.63, 3.8) is 0 Å². The summed E-state index contributed by atoms with van der Waals surface area (Å²) >= 11 is 0. The molecule has 2 heterocycles. The zero-order valence-corrected chi connectivity index (χ0v) is 12.0. The number of rotatable bonds is 1. The number of carbonyl (C=O) groups is 2. The van der Waals surface area contributed by atoms with Gasteiger partial charge < -0.3 is 14.8 Å². The SMILES string of the molecule is CCC1c2nc[nH]c2CCN1C(=O)OC.O=C(O)C(F)(F)F. The molecule has 0 radical (unpaired) electrons. The lowest BCUT2D eigenvalue weighted by atomic mass is 10.0. The van der Waals surface area contributed by atoms with Crippen LogP contribution >= 0.6 is 0 Å². The van der Waals surface area contributed by atoms with E-state index in [2.05, 4.69) is 9.97 Å². The van der Waals surface area contributed by atoms with Gasteiger partial charge in [-0.2, -0.15) is 13.2 Å². The molecule has 0 fully saturated rings. The smallest absolute Gasteiger partial charge is 0.475 e. The third-order valence-electron chi connectivity index (χ3n) is 3.08. The monoisotopic (exact) mass is 323 g/mol. The molecule has 22 heavy (non-hydrogen) atoms. The number of hydrogen-bond donors (Lipinski definition) is 2. The first-order valence-electron chi connectivity index (χ1n) is 6.39. The minimum Gasteiger partial charge on any atom is -0.475 e. The summed E-state index contributed by atoms with van der Waals surface area (Å²) in [5.41, 5.74) is 2.12. The molecule has 2 rings (SSSR count). The second-order valence-corrected chi connectivity index (χ2v) is 4.41. The van der Waals surface area contributed by atoms with Crippen molar-refractivity contribution < 1.29 is 32.6 Å². The highest BCUT2D eigenvalue weighted by Gasteiger charge is 2.38. The van der Waals surface area contributed by atoms with Crippen LogP contribution in [0.5, 0.6) is 0 Å². The van der Waals surface area contributed by atoms with Crippen molar-refractivity contribution in [2.75, 3.05) is 13.7 Å². The zero-order valence-electron chi connectivity index (χ0n) is 12.0. The molecule has 1 aliphatic rings. The van der Waals surface area contributed by atoms with Crippen LogP contribution in [0.2, 0.25) is 0 Å². The Morgan fingerprint density at radius 2 is 2.14 bits per heavy atom. The Hall–Kier alpha value is -2.26. The normalized spacial score (nSPS) is 17.1. The van der Waals surface area contributed by atoms with E-state index < -0.39 is 12.1 Å². The van der Waals surface area contributed by atoms with E-state index in [9.17, 15) is 18.0 Å². The summed E-state index contributed by atoms with van der Waals surface area (Å²) in [6, 6.07) is 0.0486. The maximum atomic E-state index is 11.5. The predicted octanol–water partition coefficient (Wildman–Crippen LogP) is 2.12. The predicted molar refractivity (Wildman–Crippen MR) is 68.1 cm³/mol. The summed E-state index contributed by atoms with van der Waals surface area (Å²) in [4.78, 5) is 29.5. The minimum atomic E-state index is -5.08. The number of aromatic nitrogens is 2. The average Bonchev–Trinajstić information content (AvgIpc) is 2.93. The third kappa shape index (κ3) is 4.12. The molecule has 1 amide bonds. The van der Waals surface area contributed by atoms with Gasteiger partial charge in [-0.25, -0.2) is 14.6 Å². The fraction of sp³-hybridized carbons (Fsp3) is 0.583. The van der Waals surface area contributed by atoms with Crippen molar-refractivity contribution in [2.24, 2.45) is 0 Å². The van der Waals surface area contributed by atoms with Gasteiger partial charge in [-0.3, -0.25) is 4.90 Å². The lowest BCUT2D eigenvalue weighted by Crippen LogP contribution is -2.39. The van der Waals surface area contributed by atoms with Gasteiger partial charge in [0.15, 0.2) is 0 Å². The molecule has 0 aromatic carbocycles. The minimum absolute atomic E-state index is 0.0486. The number of hydrogen-bond acceptors (Lipinski definition) is 4. The topological polar surface area (TPSA) is 95.5 Å². The van der Waals surface area contributed by atoms with Gasteiger partial charge in [-0.05, 0) is 6.42 Å². The number of amides is 1. The molecule has 0 saturated carbocycles. The third-order valence-corrected chi connectivity index (χ3v) is 3.08.